The molecule has 0 amide bonds. The molecule has 96 valence electrons. The van der Waals surface area contributed by atoms with Crippen molar-refractivity contribution >= 4 is 5.69 Å². The largest absolute Gasteiger partial charge is 0.574 e. The summed E-state index contributed by atoms with van der Waals surface area (Å²) >= 11 is 0. The molecule has 6 nitrogen and oxygen atoms in total. The van der Waals surface area contributed by atoms with Gasteiger partial charge in [-0.05, 0) is 6.92 Å². The SMILES string of the molecule is Cc1c([N+](=O)[O-])cc(OC(F)(F)F)nc1CC#N. The smallest absolute Gasteiger partial charge is 0.388 e. The maximum atomic E-state index is 12.0. The Morgan fingerprint density at radius 1 is 1.61 bits per heavy atom. The summed E-state index contributed by atoms with van der Waals surface area (Å²) in [5.41, 5.74) is -0.656. The number of hydrogen-bond acceptors (Lipinski definition) is 5. The lowest BCUT2D eigenvalue weighted by molar-refractivity contribution is -0.385. The third kappa shape index (κ3) is 3.31. The number of nitro groups is 1. The number of ether oxygens (including phenoxy) is 1. The van der Waals surface area contributed by atoms with Crippen molar-refractivity contribution in [3.05, 3.63) is 27.4 Å². The van der Waals surface area contributed by atoms with E-state index in [1.54, 1.807) is 6.07 Å². The number of aromatic nitrogens is 1. The minimum atomic E-state index is -5.00. The summed E-state index contributed by atoms with van der Waals surface area (Å²) in [6.07, 6.45) is -5.35. The lowest BCUT2D eigenvalue weighted by Crippen LogP contribution is -2.18. The Bertz CT molecular complexity index is 522. The van der Waals surface area contributed by atoms with Crippen LogP contribution in [0.25, 0.3) is 0 Å². The van der Waals surface area contributed by atoms with Crippen molar-refractivity contribution in [1.82, 2.24) is 4.98 Å². The molecule has 0 aliphatic rings. The first-order chi connectivity index (χ1) is 8.24. The quantitative estimate of drug-likeness (QED) is 0.615. The van der Waals surface area contributed by atoms with Gasteiger partial charge >= 0.3 is 6.36 Å². The summed E-state index contributed by atoms with van der Waals surface area (Å²) < 4.78 is 39.5. The molecule has 0 saturated heterocycles. The Balaban J connectivity index is 3.30. The fraction of sp³-hybridized carbons (Fsp3) is 0.333. The van der Waals surface area contributed by atoms with Crippen LogP contribution in [0.4, 0.5) is 18.9 Å². The Kier molecular flexibility index (Phi) is 3.70. The van der Waals surface area contributed by atoms with Crippen molar-refractivity contribution in [1.29, 1.82) is 5.26 Å². The van der Waals surface area contributed by atoms with Crippen LogP contribution in [-0.2, 0) is 6.42 Å². The Morgan fingerprint density at radius 2 is 2.22 bits per heavy atom. The van der Waals surface area contributed by atoms with Crippen LogP contribution in [0.2, 0.25) is 0 Å². The van der Waals surface area contributed by atoms with Gasteiger partial charge in [0.05, 0.1) is 29.2 Å². The van der Waals surface area contributed by atoms with Crippen LogP contribution >= 0.6 is 0 Å². The molecule has 0 aliphatic carbocycles. The molecule has 1 rings (SSSR count). The minimum Gasteiger partial charge on any atom is -0.388 e. The Morgan fingerprint density at radius 3 is 2.67 bits per heavy atom. The molecule has 0 aliphatic heterocycles. The molecule has 1 aromatic rings. The van der Waals surface area contributed by atoms with E-state index in [0.717, 1.165) is 0 Å². The van der Waals surface area contributed by atoms with Crippen LogP contribution < -0.4 is 4.74 Å². The van der Waals surface area contributed by atoms with Gasteiger partial charge in [0.1, 0.15) is 0 Å². The van der Waals surface area contributed by atoms with Crippen molar-refractivity contribution in [2.45, 2.75) is 19.7 Å². The summed E-state index contributed by atoms with van der Waals surface area (Å²) in [4.78, 5) is 13.2. The van der Waals surface area contributed by atoms with Gasteiger partial charge in [0.15, 0.2) is 0 Å². The van der Waals surface area contributed by atoms with Crippen molar-refractivity contribution in [3.8, 4) is 11.9 Å². The predicted octanol–water partition coefficient (Wildman–Crippen LogP) is 2.26. The predicted molar refractivity (Wildman–Crippen MR) is 51.6 cm³/mol. The topological polar surface area (TPSA) is 89.1 Å². The molecule has 0 bridgehead atoms. The van der Waals surface area contributed by atoms with E-state index in [-0.39, 0.29) is 17.7 Å². The molecule has 0 N–H and O–H groups in total. The molecule has 1 aromatic heterocycles. The van der Waals surface area contributed by atoms with Gasteiger partial charge in [0.25, 0.3) is 5.69 Å². The highest BCUT2D eigenvalue weighted by molar-refractivity contribution is 5.45. The lowest BCUT2D eigenvalue weighted by Gasteiger charge is -2.10. The summed E-state index contributed by atoms with van der Waals surface area (Å²) in [5, 5.41) is 19.1. The van der Waals surface area contributed by atoms with E-state index >= 15 is 0 Å². The van der Waals surface area contributed by atoms with Gasteiger partial charge in [-0.1, -0.05) is 0 Å². The number of rotatable bonds is 3. The average Bonchev–Trinajstić information content (AvgIpc) is 2.20. The molecule has 0 atom stereocenters. The number of nitrogens with zero attached hydrogens (tertiary/aromatic N) is 3. The highest BCUT2D eigenvalue weighted by Crippen LogP contribution is 2.28. The minimum absolute atomic E-state index is 0.0380. The molecule has 1 heterocycles. The maximum absolute atomic E-state index is 12.0. The molecular weight excluding hydrogens is 255 g/mol. The third-order valence-corrected chi connectivity index (χ3v) is 1.99. The number of hydrogen-bond donors (Lipinski definition) is 0. The van der Waals surface area contributed by atoms with Gasteiger partial charge in [0, 0.05) is 5.56 Å². The molecular formula is C9H6F3N3O3. The van der Waals surface area contributed by atoms with Gasteiger partial charge in [-0.15, -0.1) is 13.2 Å². The van der Waals surface area contributed by atoms with Crippen LogP contribution in [0, 0.1) is 28.4 Å². The van der Waals surface area contributed by atoms with E-state index in [4.69, 9.17) is 5.26 Å². The first-order valence-corrected chi connectivity index (χ1v) is 4.52. The van der Waals surface area contributed by atoms with Crippen molar-refractivity contribution in [3.63, 3.8) is 0 Å². The molecule has 0 unspecified atom stereocenters. The van der Waals surface area contributed by atoms with E-state index < -0.39 is 22.9 Å². The highest BCUT2D eigenvalue weighted by Gasteiger charge is 2.33. The van der Waals surface area contributed by atoms with Gasteiger partial charge in [-0.3, -0.25) is 10.1 Å². The molecule has 0 radical (unpaired) electrons. The standard InChI is InChI=1S/C9H6F3N3O3/c1-5-6(2-3-13)14-8(18-9(10,11)12)4-7(5)15(16)17/h4H,2H2,1H3. The van der Waals surface area contributed by atoms with Crippen LogP contribution in [-0.4, -0.2) is 16.3 Å². The van der Waals surface area contributed by atoms with Gasteiger partial charge in [0.2, 0.25) is 5.88 Å². The molecule has 0 spiro atoms. The number of alkyl halides is 3. The van der Waals surface area contributed by atoms with E-state index in [0.29, 0.717) is 6.07 Å². The first kappa shape index (κ1) is 13.7. The van der Waals surface area contributed by atoms with Crippen molar-refractivity contribution < 1.29 is 22.8 Å². The first-order valence-electron chi connectivity index (χ1n) is 4.52. The lowest BCUT2D eigenvalue weighted by atomic mass is 10.1. The van der Waals surface area contributed by atoms with Gasteiger partial charge in [-0.2, -0.15) is 5.26 Å². The van der Waals surface area contributed by atoms with E-state index in [1.165, 1.54) is 6.92 Å². The Hall–Kier alpha value is -2.37. The molecule has 0 aromatic carbocycles. The molecule has 0 fully saturated rings. The number of nitriles is 1. The van der Waals surface area contributed by atoms with Crippen LogP contribution in [0.3, 0.4) is 0 Å². The van der Waals surface area contributed by atoms with E-state index in [1.807, 2.05) is 0 Å². The third-order valence-electron chi connectivity index (χ3n) is 1.99. The monoisotopic (exact) mass is 261 g/mol. The van der Waals surface area contributed by atoms with E-state index in [9.17, 15) is 23.3 Å². The van der Waals surface area contributed by atoms with Crippen LogP contribution in [0.1, 0.15) is 11.3 Å². The zero-order chi connectivity index (χ0) is 13.9. The van der Waals surface area contributed by atoms with Crippen LogP contribution in [0.15, 0.2) is 6.07 Å². The maximum Gasteiger partial charge on any atom is 0.574 e. The average molecular weight is 261 g/mol. The fourth-order valence-electron chi connectivity index (χ4n) is 1.23. The highest BCUT2D eigenvalue weighted by atomic mass is 19.4. The summed E-state index contributed by atoms with van der Waals surface area (Å²) in [6, 6.07) is 2.23. The fourth-order valence-corrected chi connectivity index (χ4v) is 1.23. The number of halogens is 3. The second kappa shape index (κ2) is 4.87. The second-order valence-corrected chi connectivity index (χ2v) is 3.19. The molecule has 18 heavy (non-hydrogen) atoms. The number of pyridine rings is 1. The van der Waals surface area contributed by atoms with Gasteiger partial charge < -0.3 is 4.74 Å². The second-order valence-electron chi connectivity index (χ2n) is 3.19. The zero-order valence-electron chi connectivity index (χ0n) is 8.98. The van der Waals surface area contributed by atoms with Crippen LogP contribution in [0.5, 0.6) is 5.88 Å². The zero-order valence-corrected chi connectivity index (χ0v) is 8.98. The molecule has 9 heteroatoms. The normalized spacial score (nSPS) is 10.8. The van der Waals surface area contributed by atoms with Crippen molar-refractivity contribution in [2.75, 3.05) is 0 Å². The summed E-state index contributed by atoms with van der Waals surface area (Å²) in [5.74, 6) is -0.954. The summed E-state index contributed by atoms with van der Waals surface area (Å²) in [7, 11) is 0. The Labute approximate surface area is 98.8 Å². The molecule has 0 saturated carbocycles. The van der Waals surface area contributed by atoms with Crippen molar-refractivity contribution in [2.24, 2.45) is 0 Å². The van der Waals surface area contributed by atoms with E-state index in [2.05, 4.69) is 9.72 Å². The van der Waals surface area contributed by atoms with Gasteiger partial charge in [-0.25, -0.2) is 4.98 Å². The summed E-state index contributed by atoms with van der Waals surface area (Å²) in [6.45, 7) is 1.30.